The Morgan fingerprint density at radius 3 is 2.25 bits per heavy atom. The lowest BCUT2D eigenvalue weighted by atomic mass is 9.49. The van der Waals surface area contributed by atoms with E-state index in [1.807, 2.05) is 0 Å². The number of carbonyl (C=O) groups is 3. The van der Waals surface area contributed by atoms with Crippen molar-refractivity contribution in [3.05, 3.63) is 0 Å². The zero-order valence-electron chi connectivity index (χ0n) is 19.6. The average Bonchev–Trinajstić information content (AvgIpc) is 3.38. The first-order valence-corrected chi connectivity index (χ1v) is 14.3. The molecule has 7 rings (SSSR count). The molecule has 1 saturated heterocycles. The zero-order valence-corrected chi connectivity index (χ0v) is 20.5. The van der Waals surface area contributed by atoms with Gasteiger partial charge in [-0.15, -0.1) is 0 Å². The lowest BCUT2D eigenvalue weighted by Gasteiger charge is -2.55. The SMILES string of the molecule is O=C1OC2C3CC(C2OC(=O)C24CC5CC(CC(C5)C2)C4)C(C(=O)OCCCC(F)(F)S(=O)(=O)O)C13. The molecular formula is C24H30F2O9S. The Bertz CT molecular complexity index is 1050. The Morgan fingerprint density at radius 1 is 1.06 bits per heavy atom. The third-order valence-corrected chi connectivity index (χ3v) is 10.7. The lowest BCUT2D eigenvalue weighted by molar-refractivity contribution is -0.187. The highest BCUT2D eigenvalue weighted by Crippen LogP contribution is 2.62. The summed E-state index contributed by atoms with van der Waals surface area (Å²) in [6.07, 6.45) is 3.44. The number of halogens is 2. The van der Waals surface area contributed by atoms with Crippen LogP contribution in [0.3, 0.4) is 0 Å². The van der Waals surface area contributed by atoms with Crippen molar-refractivity contribution in [1.29, 1.82) is 0 Å². The fourth-order valence-corrected chi connectivity index (χ4v) is 9.16. The molecule has 9 nitrogen and oxygen atoms in total. The first-order valence-electron chi connectivity index (χ1n) is 12.8. The predicted octanol–water partition coefficient (Wildman–Crippen LogP) is 2.73. The number of rotatable bonds is 8. The van der Waals surface area contributed by atoms with E-state index in [9.17, 15) is 31.6 Å². The Labute approximate surface area is 207 Å². The van der Waals surface area contributed by atoms with Crippen LogP contribution in [-0.2, 0) is 38.7 Å². The van der Waals surface area contributed by atoms with Crippen molar-refractivity contribution < 1.29 is 50.3 Å². The minimum absolute atomic E-state index is 0.252. The molecule has 7 fully saturated rings. The highest BCUT2D eigenvalue weighted by atomic mass is 32.2. The van der Waals surface area contributed by atoms with Crippen LogP contribution >= 0.6 is 0 Å². The minimum atomic E-state index is -5.56. The van der Waals surface area contributed by atoms with Gasteiger partial charge in [0, 0.05) is 18.3 Å². The molecule has 12 heteroatoms. The molecule has 1 heterocycles. The Balaban J connectivity index is 1.12. The van der Waals surface area contributed by atoms with Gasteiger partial charge in [0.1, 0.15) is 12.2 Å². The number of carbonyl (C=O) groups excluding carboxylic acids is 3. The molecule has 0 amide bonds. The monoisotopic (exact) mass is 532 g/mol. The predicted molar refractivity (Wildman–Crippen MR) is 116 cm³/mol. The molecule has 0 aromatic carbocycles. The van der Waals surface area contributed by atoms with E-state index in [2.05, 4.69) is 0 Å². The zero-order chi connectivity index (χ0) is 25.6. The fraction of sp³-hybridized carbons (Fsp3) is 0.875. The molecule has 1 N–H and O–H groups in total. The molecule has 0 spiro atoms. The van der Waals surface area contributed by atoms with Crippen LogP contribution in [0.4, 0.5) is 8.78 Å². The summed E-state index contributed by atoms with van der Waals surface area (Å²) >= 11 is 0. The number of esters is 3. The number of hydrogen-bond acceptors (Lipinski definition) is 8. The fourth-order valence-electron chi connectivity index (χ4n) is 8.75. The van der Waals surface area contributed by atoms with Crippen LogP contribution in [0.25, 0.3) is 0 Å². The molecule has 6 atom stereocenters. The second kappa shape index (κ2) is 8.09. The quantitative estimate of drug-likeness (QED) is 0.217. The standard InChI is InChI=1S/C24H30F2O9S/c25-24(26,36(30,31)32)2-1-3-33-20(27)16-14-7-15-17(16)21(28)34-18(15)19(14)35-22(29)23-8-11-4-12(9-23)6-13(5-11)10-23/h11-19H,1-10H2,(H,30,31,32). The van der Waals surface area contributed by atoms with Crippen LogP contribution < -0.4 is 0 Å². The largest absolute Gasteiger partial charge is 0.465 e. The molecule has 6 unspecified atom stereocenters. The summed E-state index contributed by atoms with van der Waals surface area (Å²) in [5, 5.41) is -4.34. The number of alkyl halides is 2. The van der Waals surface area contributed by atoms with E-state index in [0.717, 1.165) is 19.3 Å². The lowest BCUT2D eigenvalue weighted by Crippen LogP contribution is -2.52. The first kappa shape index (κ1) is 24.5. The summed E-state index contributed by atoms with van der Waals surface area (Å²) < 4.78 is 73.6. The molecule has 36 heavy (non-hydrogen) atoms. The van der Waals surface area contributed by atoms with E-state index in [0.29, 0.717) is 24.2 Å². The van der Waals surface area contributed by atoms with Gasteiger partial charge in [-0.25, -0.2) is 0 Å². The van der Waals surface area contributed by atoms with Gasteiger partial charge in [-0.1, -0.05) is 0 Å². The Hall–Kier alpha value is -1.82. The molecule has 0 aromatic heterocycles. The molecule has 6 saturated carbocycles. The van der Waals surface area contributed by atoms with Gasteiger partial charge in [0.2, 0.25) is 0 Å². The topological polar surface area (TPSA) is 133 Å². The molecule has 6 aliphatic carbocycles. The van der Waals surface area contributed by atoms with Crippen molar-refractivity contribution in [2.24, 2.45) is 46.8 Å². The number of hydrogen-bond donors (Lipinski definition) is 1. The second-order valence-corrected chi connectivity index (χ2v) is 13.5. The van der Waals surface area contributed by atoms with E-state index in [4.69, 9.17) is 18.8 Å². The summed E-state index contributed by atoms with van der Waals surface area (Å²) in [4.78, 5) is 39.0. The summed E-state index contributed by atoms with van der Waals surface area (Å²) in [6, 6.07) is 0. The highest BCUT2D eigenvalue weighted by Gasteiger charge is 2.70. The number of fused-ring (bicyclic) bond motifs is 1. The van der Waals surface area contributed by atoms with Crippen molar-refractivity contribution in [1.82, 2.24) is 0 Å². The van der Waals surface area contributed by atoms with Crippen LogP contribution in [0.15, 0.2) is 0 Å². The van der Waals surface area contributed by atoms with E-state index in [1.54, 1.807) is 0 Å². The highest BCUT2D eigenvalue weighted by molar-refractivity contribution is 7.86. The van der Waals surface area contributed by atoms with Crippen LogP contribution in [0.2, 0.25) is 0 Å². The van der Waals surface area contributed by atoms with Crippen molar-refractivity contribution in [2.45, 2.75) is 75.2 Å². The molecule has 1 aliphatic heterocycles. The smallest absolute Gasteiger partial charge is 0.370 e. The van der Waals surface area contributed by atoms with Crippen molar-refractivity contribution in [2.75, 3.05) is 6.61 Å². The third-order valence-electron chi connectivity index (χ3n) is 9.77. The van der Waals surface area contributed by atoms with E-state index < -0.39 is 82.1 Å². The van der Waals surface area contributed by atoms with Gasteiger partial charge >= 0.3 is 33.3 Å². The van der Waals surface area contributed by atoms with E-state index in [1.165, 1.54) is 19.3 Å². The van der Waals surface area contributed by atoms with Gasteiger partial charge < -0.3 is 14.2 Å². The van der Waals surface area contributed by atoms with Gasteiger partial charge in [0.05, 0.1) is 23.9 Å². The van der Waals surface area contributed by atoms with Gasteiger partial charge in [-0.3, -0.25) is 18.9 Å². The molecule has 200 valence electrons. The van der Waals surface area contributed by atoms with E-state index in [-0.39, 0.29) is 11.9 Å². The molecular weight excluding hydrogens is 502 g/mol. The molecule has 0 radical (unpaired) electrons. The van der Waals surface area contributed by atoms with Crippen LogP contribution in [0.5, 0.6) is 0 Å². The van der Waals surface area contributed by atoms with Gasteiger partial charge in [-0.2, -0.15) is 17.2 Å². The first-order chi connectivity index (χ1) is 16.9. The normalized spacial score (nSPS) is 44.1. The molecule has 6 bridgehead atoms. The van der Waals surface area contributed by atoms with Gasteiger partial charge in [0.25, 0.3) is 0 Å². The van der Waals surface area contributed by atoms with Crippen LogP contribution in [-0.4, -0.2) is 54.9 Å². The van der Waals surface area contributed by atoms with E-state index >= 15 is 0 Å². The molecule has 0 aromatic rings. The number of ether oxygens (including phenoxy) is 3. The average molecular weight is 533 g/mol. The maximum Gasteiger partial charge on any atom is 0.370 e. The van der Waals surface area contributed by atoms with Crippen molar-refractivity contribution in [3.63, 3.8) is 0 Å². The summed E-state index contributed by atoms with van der Waals surface area (Å²) in [6.45, 7) is -0.499. The summed E-state index contributed by atoms with van der Waals surface area (Å²) in [7, 11) is -5.56. The second-order valence-electron chi connectivity index (χ2n) is 12.0. The third kappa shape index (κ3) is 3.68. The van der Waals surface area contributed by atoms with Crippen LogP contribution in [0.1, 0.15) is 57.8 Å². The van der Waals surface area contributed by atoms with Gasteiger partial charge in [0.15, 0.2) is 0 Å². The maximum atomic E-state index is 13.5. The Morgan fingerprint density at radius 2 is 1.67 bits per heavy atom. The van der Waals surface area contributed by atoms with Crippen molar-refractivity contribution in [3.8, 4) is 0 Å². The molecule has 7 aliphatic rings. The van der Waals surface area contributed by atoms with Crippen LogP contribution in [0, 0.1) is 46.8 Å². The summed E-state index contributed by atoms with van der Waals surface area (Å²) in [5.41, 5.74) is -0.493. The van der Waals surface area contributed by atoms with Gasteiger partial charge in [-0.05, 0) is 69.1 Å². The summed E-state index contributed by atoms with van der Waals surface area (Å²) in [5.74, 6) is -2.26. The Kier molecular flexibility index (Phi) is 5.51. The minimum Gasteiger partial charge on any atom is -0.465 e. The van der Waals surface area contributed by atoms with Crippen molar-refractivity contribution >= 4 is 28.0 Å². The maximum absolute atomic E-state index is 13.5.